The highest BCUT2D eigenvalue weighted by atomic mass is 35.5. The molecule has 2 aromatic rings. The lowest BCUT2D eigenvalue weighted by Gasteiger charge is -2.16. The van der Waals surface area contributed by atoms with Crippen LogP contribution in [-0.2, 0) is 30.7 Å². The topological polar surface area (TPSA) is 72.8 Å². The molecule has 0 saturated heterocycles. The van der Waals surface area contributed by atoms with Gasteiger partial charge in [-0.25, -0.2) is 19.9 Å². The van der Waals surface area contributed by atoms with Crippen LogP contribution in [0, 0.1) is 6.92 Å². The molecule has 0 radical (unpaired) electrons. The normalized spacial score (nSPS) is 13.8. The molecular weight excluding hydrogens is 302 g/mol. The van der Waals surface area contributed by atoms with E-state index in [0.29, 0.717) is 24.1 Å². The molecule has 1 N–H and O–H groups in total. The summed E-state index contributed by atoms with van der Waals surface area (Å²) in [6.45, 7) is 5.68. The van der Waals surface area contributed by atoms with Gasteiger partial charge < -0.3 is 10.1 Å². The number of hydrogen-bond acceptors (Lipinski definition) is 6. The highest BCUT2D eigenvalue weighted by Crippen LogP contribution is 2.22. The van der Waals surface area contributed by atoms with E-state index in [-0.39, 0.29) is 0 Å². The van der Waals surface area contributed by atoms with Crippen LogP contribution in [0.5, 0.6) is 0 Å². The monoisotopic (exact) mass is 319 g/mol. The van der Waals surface area contributed by atoms with Gasteiger partial charge in [0.2, 0.25) is 0 Å². The average Bonchev–Trinajstić information content (AvgIpc) is 2.52. The lowest BCUT2D eigenvalue weighted by Crippen LogP contribution is -2.16. The Kier molecular flexibility index (Phi) is 4.49. The zero-order chi connectivity index (χ0) is 15.5. The van der Waals surface area contributed by atoms with Gasteiger partial charge in [0.15, 0.2) is 0 Å². The molecule has 0 fully saturated rings. The minimum atomic E-state index is 0.501. The summed E-state index contributed by atoms with van der Waals surface area (Å²) in [7, 11) is 0. The van der Waals surface area contributed by atoms with Crippen molar-refractivity contribution in [2.75, 3.05) is 11.9 Å². The van der Waals surface area contributed by atoms with Crippen LogP contribution in [0.15, 0.2) is 6.20 Å². The third kappa shape index (κ3) is 3.18. The van der Waals surface area contributed by atoms with Crippen LogP contribution >= 0.6 is 11.6 Å². The maximum Gasteiger partial charge on any atom is 0.147 e. The molecule has 22 heavy (non-hydrogen) atoms. The molecule has 0 bridgehead atoms. The SMILES string of the molecule is CCc1c(Cl)nc(C)nc1NCc1ncc2c(n1)CCOC2. The van der Waals surface area contributed by atoms with Crippen molar-refractivity contribution in [3.63, 3.8) is 0 Å². The highest BCUT2D eigenvalue weighted by Gasteiger charge is 2.13. The lowest BCUT2D eigenvalue weighted by atomic mass is 10.1. The molecule has 0 aliphatic carbocycles. The lowest BCUT2D eigenvalue weighted by molar-refractivity contribution is 0.108. The third-order valence-corrected chi connectivity index (χ3v) is 3.89. The van der Waals surface area contributed by atoms with E-state index in [1.54, 1.807) is 0 Å². The van der Waals surface area contributed by atoms with Crippen LogP contribution in [-0.4, -0.2) is 26.5 Å². The molecule has 0 aromatic carbocycles. The van der Waals surface area contributed by atoms with Gasteiger partial charge in [0, 0.05) is 23.7 Å². The van der Waals surface area contributed by atoms with Crippen LogP contribution in [0.2, 0.25) is 5.15 Å². The number of hydrogen-bond donors (Lipinski definition) is 1. The molecule has 116 valence electrons. The van der Waals surface area contributed by atoms with Gasteiger partial charge in [-0.05, 0) is 13.3 Å². The van der Waals surface area contributed by atoms with E-state index < -0.39 is 0 Å². The molecule has 6 nitrogen and oxygen atoms in total. The minimum Gasteiger partial charge on any atom is -0.376 e. The van der Waals surface area contributed by atoms with Crippen LogP contribution in [0.3, 0.4) is 0 Å². The van der Waals surface area contributed by atoms with E-state index in [4.69, 9.17) is 16.3 Å². The van der Waals surface area contributed by atoms with Crippen molar-refractivity contribution in [1.29, 1.82) is 0 Å². The molecule has 0 atom stereocenters. The molecular formula is C15H18ClN5O. The van der Waals surface area contributed by atoms with Crippen LogP contribution in [0.4, 0.5) is 5.82 Å². The van der Waals surface area contributed by atoms with Crippen LogP contribution in [0.25, 0.3) is 0 Å². The van der Waals surface area contributed by atoms with Gasteiger partial charge in [0.1, 0.15) is 22.6 Å². The standard InChI is InChI=1S/C15H18ClN5O/c1-3-11-14(16)19-9(2)20-15(11)18-7-13-17-6-10-8-22-5-4-12(10)21-13/h6H,3-5,7-8H2,1-2H3,(H,18,19,20). The molecule has 2 aromatic heterocycles. The molecule has 0 unspecified atom stereocenters. The first-order valence-electron chi connectivity index (χ1n) is 7.35. The first-order valence-corrected chi connectivity index (χ1v) is 7.73. The maximum atomic E-state index is 6.18. The van der Waals surface area contributed by atoms with E-state index in [0.717, 1.165) is 47.9 Å². The van der Waals surface area contributed by atoms with Crippen LogP contribution < -0.4 is 5.32 Å². The summed E-state index contributed by atoms with van der Waals surface area (Å²) in [4.78, 5) is 17.6. The van der Waals surface area contributed by atoms with Crippen LogP contribution in [0.1, 0.15) is 35.4 Å². The molecule has 0 saturated carbocycles. The largest absolute Gasteiger partial charge is 0.376 e. The number of rotatable bonds is 4. The molecule has 3 rings (SSSR count). The number of nitrogens with one attached hydrogen (secondary N) is 1. The van der Waals surface area contributed by atoms with Gasteiger partial charge in [0.25, 0.3) is 0 Å². The van der Waals surface area contributed by atoms with Crippen molar-refractivity contribution in [1.82, 2.24) is 19.9 Å². The number of halogens is 1. The van der Waals surface area contributed by atoms with Gasteiger partial charge in [-0.2, -0.15) is 0 Å². The number of aromatic nitrogens is 4. The third-order valence-electron chi connectivity index (χ3n) is 3.58. The predicted octanol–water partition coefficient (Wildman–Crippen LogP) is 2.48. The van der Waals surface area contributed by atoms with Crippen molar-refractivity contribution >= 4 is 17.4 Å². The van der Waals surface area contributed by atoms with Crippen molar-refractivity contribution in [2.45, 2.75) is 39.8 Å². The van der Waals surface area contributed by atoms with E-state index in [9.17, 15) is 0 Å². The van der Waals surface area contributed by atoms with Gasteiger partial charge in [-0.3, -0.25) is 0 Å². The van der Waals surface area contributed by atoms with Crippen molar-refractivity contribution < 1.29 is 4.74 Å². The Balaban J connectivity index is 1.78. The zero-order valence-corrected chi connectivity index (χ0v) is 13.4. The summed E-state index contributed by atoms with van der Waals surface area (Å²) < 4.78 is 5.39. The number of ether oxygens (including phenoxy) is 1. The number of nitrogens with zero attached hydrogens (tertiary/aromatic N) is 4. The van der Waals surface area contributed by atoms with E-state index >= 15 is 0 Å². The molecule has 0 spiro atoms. The fourth-order valence-electron chi connectivity index (χ4n) is 2.44. The smallest absolute Gasteiger partial charge is 0.147 e. The molecule has 1 aliphatic rings. The fraction of sp³-hybridized carbons (Fsp3) is 0.467. The van der Waals surface area contributed by atoms with E-state index in [2.05, 4.69) is 25.3 Å². The molecule has 3 heterocycles. The Hall–Kier alpha value is -1.79. The first kappa shape index (κ1) is 15.1. The van der Waals surface area contributed by atoms with Crippen molar-refractivity contribution in [3.8, 4) is 0 Å². The predicted molar refractivity (Wildman–Crippen MR) is 83.9 cm³/mol. The number of aryl methyl sites for hydroxylation is 1. The second-order valence-corrected chi connectivity index (χ2v) is 5.51. The summed E-state index contributed by atoms with van der Waals surface area (Å²) in [5.41, 5.74) is 3.06. The Morgan fingerprint density at radius 1 is 1.32 bits per heavy atom. The second-order valence-electron chi connectivity index (χ2n) is 5.16. The summed E-state index contributed by atoms with van der Waals surface area (Å²) >= 11 is 6.18. The Labute approximate surface area is 134 Å². The summed E-state index contributed by atoms with van der Waals surface area (Å²) in [6, 6.07) is 0. The zero-order valence-electron chi connectivity index (χ0n) is 12.7. The van der Waals surface area contributed by atoms with Crippen molar-refractivity contribution in [2.24, 2.45) is 0 Å². The Bertz CT molecular complexity index is 692. The molecule has 7 heteroatoms. The summed E-state index contributed by atoms with van der Waals surface area (Å²) in [6.07, 6.45) is 3.45. The van der Waals surface area contributed by atoms with Gasteiger partial charge in [-0.15, -0.1) is 0 Å². The Morgan fingerprint density at radius 2 is 2.18 bits per heavy atom. The number of anilines is 1. The van der Waals surface area contributed by atoms with E-state index in [1.807, 2.05) is 20.0 Å². The average molecular weight is 320 g/mol. The van der Waals surface area contributed by atoms with E-state index in [1.165, 1.54) is 0 Å². The maximum absolute atomic E-state index is 6.18. The van der Waals surface area contributed by atoms with Gasteiger partial charge >= 0.3 is 0 Å². The highest BCUT2D eigenvalue weighted by molar-refractivity contribution is 6.30. The van der Waals surface area contributed by atoms with Crippen molar-refractivity contribution in [3.05, 3.63) is 39.8 Å². The molecule has 0 amide bonds. The molecule has 1 aliphatic heterocycles. The summed E-state index contributed by atoms with van der Waals surface area (Å²) in [5, 5.41) is 3.78. The second kappa shape index (κ2) is 6.54. The van der Waals surface area contributed by atoms with Gasteiger partial charge in [0.05, 0.1) is 25.5 Å². The quantitative estimate of drug-likeness (QED) is 0.873. The first-order chi connectivity index (χ1) is 10.7. The fourth-order valence-corrected chi connectivity index (χ4v) is 2.79. The Morgan fingerprint density at radius 3 is 3.00 bits per heavy atom. The van der Waals surface area contributed by atoms with Gasteiger partial charge in [-0.1, -0.05) is 18.5 Å². The number of fused-ring (bicyclic) bond motifs is 1. The minimum absolute atomic E-state index is 0.501. The summed E-state index contributed by atoms with van der Waals surface area (Å²) in [5.74, 6) is 2.15.